The SMILES string of the molecule is NCC(Cc1c[nH]c2ccccc12)NC(=O)c1cc(-c2ccccc2F)ccc1OC(F)(F)F. The number of aromatic amines is 1. The third-order valence-corrected chi connectivity index (χ3v) is 5.40. The molecular formula is C25H21F4N3O2. The number of nitrogens with two attached hydrogens (primary N) is 1. The number of alkyl halides is 3. The van der Waals surface area contributed by atoms with Crippen LogP contribution in [-0.4, -0.2) is 29.8 Å². The van der Waals surface area contributed by atoms with Gasteiger partial charge in [0.05, 0.1) is 5.56 Å². The summed E-state index contributed by atoms with van der Waals surface area (Å²) in [4.78, 5) is 16.2. The highest BCUT2D eigenvalue weighted by Gasteiger charge is 2.33. The van der Waals surface area contributed by atoms with Crippen molar-refractivity contribution >= 4 is 16.8 Å². The molecule has 0 fully saturated rings. The molecule has 4 rings (SSSR count). The molecule has 1 heterocycles. The number of carbonyl (C=O) groups is 1. The van der Waals surface area contributed by atoms with Crippen LogP contribution in [0.1, 0.15) is 15.9 Å². The Hall–Kier alpha value is -3.85. The summed E-state index contributed by atoms with van der Waals surface area (Å²) in [5.41, 5.74) is 7.67. The summed E-state index contributed by atoms with van der Waals surface area (Å²) in [5.74, 6) is -2.07. The molecule has 0 aliphatic heterocycles. The van der Waals surface area contributed by atoms with Crippen molar-refractivity contribution in [3.63, 3.8) is 0 Å². The molecule has 1 atom stereocenters. The van der Waals surface area contributed by atoms with Gasteiger partial charge in [-0.2, -0.15) is 0 Å². The Labute approximate surface area is 192 Å². The van der Waals surface area contributed by atoms with Gasteiger partial charge in [0.2, 0.25) is 0 Å². The number of carbonyl (C=O) groups excluding carboxylic acids is 1. The Bertz CT molecular complexity index is 1320. The van der Waals surface area contributed by atoms with Crippen LogP contribution in [0.5, 0.6) is 5.75 Å². The molecule has 1 amide bonds. The lowest BCUT2D eigenvalue weighted by Crippen LogP contribution is -2.42. The number of hydrogen-bond acceptors (Lipinski definition) is 3. The van der Waals surface area contributed by atoms with Crippen LogP contribution in [0.15, 0.2) is 72.9 Å². The van der Waals surface area contributed by atoms with Gasteiger partial charge in [-0.3, -0.25) is 4.79 Å². The number of halogens is 4. The molecule has 3 aromatic carbocycles. The Morgan fingerprint density at radius 3 is 2.53 bits per heavy atom. The predicted octanol–water partition coefficient (Wildman–Crippen LogP) is 5.17. The first-order valence-electron chi connectivity index (χ1n) is 10.5. The molecule has 4 aromatic rings. The lowest BCUT2D eigenvalue weighted by Gasteiger charge is -2.19. The summed E-state index contributed by atoms with van der Waals surface area (Å²) in [6.45, 7) is 0.0493. The summed E-state index contributed by atoms with van der Waals surface area (Å²) >= 11 is 0. The Morgan fingerprint density at radius 2 is 1.79 bits per heavy atom. The molecule has 4 N–H and O–H groups in total. The molecule has 0 saturated heterocycles. The second kappa shape index (κ2) is 9.56. The average Bonchev–Trinajstić information content (AvgIpc) is 3.21. The van der Waals surface area contributed by atoms with Gasteiger partial charge in [-0.25, -0.2) is 4.39 Å². The number of hydrogen-bond donors (Lipinski definition) is 3. The van der Waals surface area contributed by atoms with E-state index in [1.54, 1.807) is 12.3 Å². The summed E-state index contributed by atoms with van der Waals surface area (Å²) in [6, 6.07) is 16.2. The second-order valence-corrected chi connectivity index (χ2v) is 7.71. The van der Waals surface area contributed by atoms with Gasteiger partial charge in [0, 0.05) is 35.2 Å². The van der Waals surface area contributed by atoms with E-state index in [4.69, 9.17) is 5.73 Å². The predicted molar refractivity (Wildman–Crippen MR) is 121 cm³/mol. The first-order valence-corrected chi connectivity index (χ1v) is 10.5. The first kappa shape index (κ1) is 23.3. The summed E-state index contributed by atoms with van der Waals surface area (Å²) in [5, 5.41) is 3.64. The molecule has 9 heteroatoms. The number of fused-ring (bicyclic) bond motifs is 1. The van der Waals surface area contributed by atoms with Gasteiger partial charge in [0.15, 0.2) is 0 Å². The maximum absolute atomic E-state index is 14.3. The average molecular weight is 471 g/mol. The maximum Gasteiger partial charge on any atom is 0.573 e. The molecule has 34 heavy (non-hydrogen) atoms. The van der Waals surface area contributed by atoms with E-state index >= 15 is 0 Å². The van der Waals surface area contributed by atoms with Gasteiger partial charge in [-0.1, -0.05) is 42.5 Å². The minimum atomic E-state index is -5.01. The van der Waals surface area contributed by atoms with Gasteiger partial charge in [0.25, 0.3) is 5.91 Å². The van der Waals surface area contributed by atoms with E-state index in [9.17, 15) is 22.4 Å². The third kappa shape index (κ3) is 5.20. The highest BCUT2D eigenvalue weighted by Crippen LogP contribution is 2.32. The van der Waals surface area contributed by atoms with E-state index in [0.29, 0.717) is 6.42 Å². The molecule has 1 unspecified atom stereocenters. The maximum atomic E-state index is 14.3. The topological polar surface area (TPSA) is 80.1 Å². The number of aromatic nitrogens is 1. The minimum absolute atomic E-state index is 0.0493. The van der Waals surface area contributed by atoms with Crippen LogP contribution >= 0.6 is 0 Å². The molecular weight excluding hydrogens is 450 g/mol. The van der Waals surface area contributed by atoms with Gasteiger partial charge in [-0.05, 0) is 41.8 Å². The van der Waals surface area contributed by atoms with Crippen LogP contribution in [0.3, 0.4) is 0 Å². The summed E-state index contributed by atoms with van der Waals surface area (Å²) in [6.07, 6.45) is -2.85. The lowest BCUT2D eigenvalue weighted by atomic mass is 10.0. The summed E-state index contributed by atoms with van der Waals surface area (Å²) in [7, 11) is 0. The molecule has 1 aromatic heterocycles. The van der Waals surface area contributed by atoms with E-state index in [0.717, 1.165) is 22.5 Å². The highest BCUT2D eigenvalue weighted by atomic mass is 19.4. The van der Waals surface area contributed by atoms with Crippen molar-refractivity contribution in [1.82, 2.24) is 10.3 Å². The van der Waals surface area contributed by atoms with Crippen molar-refractivity contribution in [1.29, 1.82) is 0 Å². The molecule has 0 spiro atoms. The fourth-order valence-electron chi connectivity index (χ4n) is 3.81. The monoisotopic (exact) mass is 471 g/mol. The van der Waals surface area contributed by atoms with E-state index in [-0.39, 0.29) is 23.2 Å². The van der Waals surface area contributed by atoms with Crippen LogP contribution in [-0.2, 0) is 6.42 Å². The Kier molecular flexibility index (Phi) is 6.56. The fourth-order valence-corrected chi connectivity index (χ4v) is 3.81. The standard InChI is InChI=1S/C25H21F4N3O2/c26-21-7-3-1-5-18(21)15-9-10-23(34-25(27,28)29)20(12-15)24(33)32-17(13-30)11-16-14-31-22-8-4-2-6-19(16)22/h1-10,12,14,17,31H,11,13,30H2,(H,32,33). The first-order chi connectivity index (χ1) is 16.2. The smallest absolute Gasteiger partial charge is 0.405 e. The number of amides is 1. The molecule has 0 bridgehead atoms. The minimum Gasteiger partial charge on any atom is -0.405 e. The Balaban J connectivity index is 1.64. The number of ether oxygens (including phenoxy) is 1. The van der Waals surface area contributed by atoms with Gasteiger partial charge >= 0.3 is 6.36 Å². The van der Waals surface area contributed by atoms with Crippen molar-refractivity contribution in [3.05, 3.63) is 89.9 Å². The number of para-hydroxylation sites is 1. The van der Waals surface area contributed by atoms with E-state index in [2.05, 4.69) is 15.0 Å². The van der Waals surface area contributed by atoms with Crippen LogP contribution in [0.2, 0.25) is 0 Å². The quantitative estimate of drug-likeness (QED) is 0.325. The van der Waals surface area contributed by atoms with Crippen molar-refractivity contribution < 1.29 is 27.1 Å². The second-order valence-electron chi connectivity index (χ2n) is 7.71. The number of nitrogens with one attached hydrogen (secondary N) is 2. The van der Waals surface area contributed by atoms with Crippen LogP contribution in [0.25, 0.3) is 22.0 Å². The number of benzene rings is 3. The molecule has 0 aliphatic carbocycles. The van der Waals surface area contributed by atoms with E-state index in [1.165, 1.54) is 30.3 Å². The zero-order valence-corrected chi connectivity index (χ0v) is 17.8. The van der Waals surface area contributed by atoms with E-state index < -0.39 is 29.9 Å². The molecule has 0 saturated carbocycles. The van der Waals surface area contributed by atoms with Crippen LogP contribution < -0.4 is 15.8 Å². The molecule has 5 nitrogen and oxygen atoms in total. The van der Waals surface area contributed by atoms with E-state index in [1.807, 2.05) is 24.3 Å². The zero-order valence-electron chi connectivity index (χ0n) is 17.8. The molecule has 0 radical (unpaired) electrons. The zero-order chi connectivity index (χ0) is 24.3. The third-order valence-electron chi connectivity index (χ3n) is 5.40. The highest BCUT2D eigenvalue weighted by molar-refractivity contribution is 5.98. The number of H-pyrrole nitrogens is 1. The van der Waals surface area contributed by atoms with Crippen molar-refractivity contribution in [2.75, 3.05) is 6.54 Å². The van der Waals surface area contributed by atoms with Crippen molar-refractivity contribution in [2.24, 2.45) is 5.73 Å². The largest absolute Gasteiger partial charge is 0.573 e. The van der Waals surface area contributed by atoms with Crippen LogP contribution in [0, 0.1) is 5.82 Å². The number of rotatable bonds is 7. The van der Waals surface area contributed by atoms with Gasteiger partial charge < -0.3 is 20.8 Å². The van der Waals surface area contributed by atoms with Crippen molar-refractivity contribution in [2.45, 2.75) is 18.8 Å². The molecule has 176 valence electrons. The lowest BCUT2D eigenvalue weighted by molar-refractivity contribution is -0.274. The Morgan fingerprint density at radius 1 is 1.06 bits per heavy atom. The summed E-state index contributed by atoms with van der Waals surface area (Å²) < 4.78 is 57.2. The fraction of sp³-hybridized carbons (Fsp3) is 0.160. The van der Waals surface area contributed by atoms with Crippen LogP contribution in [0.4, 0.5) is 17.6 Å². The normalized spacial score (nSPS) is 12.5. The van der Waals surface area contributed by atoms with Gasteiger partial charge in [-0.15, -0.1) is 13.2 Å². The molecule has 0 aliphatic rings. The van der Waals surface area contributed by atoms with Gasteiger partial charge in [0.1, 0.15) is 11.6 Å². The van der Waals surface area contributed by atoms with Crippen molar-refractivity contribution in [3.8, 4) is 16.9 Å².